The van der Waals surface area contributed by atoms with Gasteiger partial charge in [0.05, 0.1) is 10.9 Å². The highest BCUT2D eigenvalue weighted by Crippen LogP contribution is 2.14. The monoisotopic (exact) mass is 249 g/mol. The molecule has 0 bridgehead atoms. The second-order valence-corrected chi connectivity index (χ2v) is 3.82. The van der Waals surface area contributed by atoms with Gasteiger partial charge >= 0.3 is 11.6 Å². The van der Waals surface area contributed by atoms with Crippen LogP contribution in [0.1, 0.15) is 13.9 Å². The molecule has 2 aromatic rings. The number of aryl methyl sites for hydroxylation is 1. The second kappa shape index (κ2) is 4.48. The van der Waals surface area contributed by atoms with Crippen LogP contribution in [0.5, 0.6) is 0 Å². The Morgan fingerprint density at radius 1 is 1.61 bits per heavy atom. The molecule has 0 unspecified atom stereocenters. The normalized spacial score (nSPS) is 13.1. The largest absolute Gasteiger partial charge is 0.480 e. The third-order valence-corrected chi connectivity index (χ3v) is 2.45. The number of hydrogen-bond donors (Lipinski definition) is 2. The number of carboxylic acids is 1. The molecule has 6 heteroatoms. The van der Waals surface area contributed by atoms with Crippen molar-refractivity contribution in [2.45, 2.75) is 19.9 Å². The van der Waals surface area contributed by atoms with Crippen LogP contribution < -0.4 is 10.9 Å². The van der Waals surface area contributed by atoms with E-state index in [-0.39, 0.29) is 18.3 Å². The zero-order chi connectivity index (χ0) is 14.0. The lowest BCUT2D eigenvalue weighted by Crippen LogP contribution is -2.26. The Kier molecular flexibility index (Phi) is 2.68. The first-order chi connectivity index (χ1) is 9.02. The Balaban J connectivity index is 2.51. The van der Waals surface area contributed by atoms with Crippen LogP contribution in [0.25, 0.3) is 10.9 Å². The first-order valence-corrected chi connectivity index (χ1v) is 5.24. The Bertz CT molecular complexity index is 683. The van der Waals surface area contributed by atoms with Gasteiger partial charge in [-0.25, -0.2) is 4.79 Å². The van der Waals surface area contributed by atoms with Crippen molar-refractivity contribution in [1.82, 2.24) is 4.98 Å². The Labute approximate surface area is 104 Å². The van der Waals surface area contributed by atoms with Gasteiger partial charge in [0, 0.05) is 1.37 Å². The average Bonchev–Trinajstić information content (AvgIpc) is 2.37. The van der Waals surface area contributed by atoms with E-state index in [2.05, 4.69) is 10.3 Å². The van der Waals surface area contributed by atoms with E-state index in [1.165, 1.54) is 6.92 Å². The smallest absolute Gasteiger partial charge is 0.348 e. The molecule has 0 aliphatic carbocycles. The molecule has 0 fully saturated rings. The maximum absolute atomic E-state index is 11.9. The van der Waals surface area contributed by atoms with Crippen LogP contribution in [0.15, 0.2) is 27.4 Å². The van der Waals surface area contributed by atoms with Crippen LogP contribution in [-0.4, -0.2) is 22.1 Å². The summed E-state index contributed by atoms with van der Waals surface area (Å²) in [4.78, 5) is 26.6. The van der Waals surface area contributed by atoms with Gasteiger partial charge < -0.3 is 14.8 Å². The van der Waals surface area contributed by atoms with Crippen molar-refractivity contribution in [1.29, 1.82) is 0 Å². The molecular formula is C12H12N2O4. The number of aliphatic carboxylic acids is 1. The molecule has 18 heavy (non-hydrogen) atoms. The van der Waals surface area contributed by atoms with Gasteiger partial charge in [-0.1, -0.05) is 12.1 Å². The lowest BCUT2D eigenvalue weighted by Gasteiger charge is -2.08. The van der Waals surface area contributed by atoms with E-state index in [9.17, 15) is 9.59 Å². The number of fused-ring (bicyclic) bond motifs is 1. The number of carboxylic acid groups (broad SMARTS) is 1. The highest BCUT2D eigenvalue weighted by Gasteiger charge is 2.14. The van der Waals surface area contributed by atoms with Crippen molar-refractivity contribution in [3.05, 3.63) is 34.2 Å². The van der Waals surface area contributed by atoms with Gasteiger partial charge in [0.25, 0.3) is 6.01 Å². The molecule has 0 saturated carbocycles. The van der Waals surface area contributed by atoms with E-state index in [1.807, 2.05) is 0 Å². The van der Waals surface area contributed by atoms with Gasteiger partial charge in [0.1, 0.15) is 6.04 Å². The summed E-state index contributed by atoms with van der Waals surface area (Å²) < 4.78 is 12.3. The van der Waals surface area contributed by atoms with Crippen molar-refractivity contribution >= 4 is 22.9 Å². The molecule has 0 radical (unpaired) electrons. The number of nitrogens with zero attached hydrogens (tertiary/aromatic N) is 1. The third-order valence-electron chi connectivity index (χ3n) is 2.45. The number of rotatable bonds is 3. The van der Waals surface area contributed by atoms with Crippen LogP contribution in [0.4, 0.5) is 6.01 Å². The van der Waals surface area contributed by atoms with Crippen molar-refractivity contribution in [2.75, 3.05) is 5.32 Å². The first-order valence-electron chi connectivity index (χ1n) is 5.95. The first kappa shape index (κ1) is 10.8. The minimum absolute atomic E-state index is 0.0535. The lowest BCUT2D eigenvalue weighted by atomic mass is 10.1. The maximum Gasteiger partial charge on any atom is 0.348 e. The summed E-state index contributed by atoms with van der Waals surface area (Å²) in [6, 6.07) is 3.88. The molecule has 2 rings (SSSR count). The number of aromatic nitrogens is 1. The Morgan fingerprint density at radius 3 is 3.06 bits per heavy atom. The van der Waals surface area contributed by atoms with Gasteiger partial charge in [-0.15, -0.1) is 0 Å². The average molecular weight is 249 g/mol. The van der Waals surface area contributed by atoms with E-state index in [1.54, 1.807) is 18.2 Å². The van der Waals surface area contributed by atoms with Gasteiger partial charge in [0.2, 0.25) is 0 Å². The molecule has 0 saturated heterocycles. The standard InChI is InChI=1S/C12H12N2O4/c1-6-4-3-5-8-9(6)11(17)18-12(14-8)13-7(2)10(15)16/h3-5,7H,1-2H3,(H,13,14)(H,15,16)/t7-/m0/s1/i1D. The van der Waals surface area contributed by atoms with E-state index in [0.29, 0.717) is 11.1 Å². The summed E-state index contributed by atoms with van der Waals surface area (Å²) in [5.74, 6) is -1.08. The molecule has 6 nitrogen and oxygen atoms in total. The molecule has 2 N–H and O–H groups in total. The topological polar surface area (TPSA) is 92.4 Å². The second-order valence-electron chi connectivity index (χ2n) is 3.82. The quantitative estimate of drug-likeness (QED) is 0.853. The van der Waals surface area contributed by atoms with Crippen molar-refractivity contribution in [3.8, 4) is 0 Å². The summed E-state index contributed by atoms with van der Waals surface area (Å²) in [5, 5.41) is 11.5. The number of nitrogens with one attached hydrogen (secondary N) is 1. The summed E-state index contributed by atoms with van der Waals surface area (Å²) >= 11 is 0. The minimum Gasteiger partial charge on any atom is -0.480 e. The van der Waals surface area contributed by atoms with Crippen molar-refractivity contribution < 1.29 is 15.7 Å². The molecule has 1 atom stereocenters. The Morgan fingerprint density at radius 2 is 2.39 bits per heavy atom. The SMILES string of the molecule is [2H]Cc1cccc2nc(N[C@@H](C)C(=O)O)oc(=O)c12. The zero-order valence-electron chi connectivity index (χ0n) is 10.6. The molecule has 0 aliphatic rings. The molecule has 0 aliphatic heterocycles. The van der Waals surface area contributed by atoms with E-state index in [0.717, 1.165) is 0 Å². The molecular weight excluding hydrogens is 236 g/mol. The fraction of sp³-hybridized carbons (Fsp3) is 0.250. The third kappa shape index (κ3) is 2.17. The van der Waals surface area contributed by atoms with Gasteiger partial charge in [-0.05, 0) is 25.5 Å². The van der Waals surface area contributed by atoms with Crippen LogP contribution in [0, 0.1) is 6.90 Å². The maximum atomic E-state index is 11.9. The number of anilines is 1. The van der Waals surface area contributed by atoms with Crippen LogP contribution >= 0.6 is 0 Å². The highest BCUT2D eigenvalue weighted by atomic mass is 16.4. The zero-order valence-corrected chi connectivity index (χ0v) is 9.64. The highest BCUT2D eigenvalue weighted by molar-refractivity contribution is 5.81. The number of benzene rings is 1. The molecule has 1 aromatic carbocycles. The van der Waals surface area contributed by atoms with Crippen molar-refractivity contribution in [3.63, 3.8) is 0 Å². The van der Waals surface area contributed by atoms with Crippen LogP contribution in [0.2, 0.25) is 0 Å². The molecule has 94 valence electrons. The Hall–Kier alpha value is -2.37. The van der Waals surface area contributed by atoms with E-state index >= 15 is 0 Å². The number of hydrogen-bond acceptors (Lipinski definition) is 5. The van der Waals surface area contributed by atoms with Crippen LogP contribution in [0.3, 0.4) is 0 Å². The van der Waals surface area contributed by atoms with Gasteiger partial charge in [-0.3, -0.25) is 4.79 Å². The number of carbonyl (C=O) groups is 1. The van der Waals surface area contributed by atoms with Crippen LogP contribution in [-0.2, 0) is 4.79 Å². The fourth-order valence-electron chi connectivity index (χ4n) is 1.50. The predicted molar refractivity (Wildman–Crippen MR) is 65.7 cm³/mol. The minimum atomic E-state index is -1.08. The summed E-state index contributed by atoms with van der Waals surface area (Å²) in [5.41, 5.74) is 0.269. The molecule has 1 aromatic heterocycles. The summed E-state index contributed by atoms with van der Waals surface area (Å²) in [6.07, 6.45) is 0. The molecule has 0 amide bonds. The van der Waals surface area contributed by atoms with Crippen molar-refractivity contribution in [2.24, 2.45) is 0 Å². The summed E-state index contributed by atoms with van der Waals surface area (Å²) in [7, 11) is 0. The predicted octanol–water partition coefficient (Wildman–Crippen LogP) is 1.38. The fourth-order valence-corrected chi connectivity index (χ4v) is 1.50. The van der Waals surface area contributed by atoms with Gasteiger partial charge in [-0.2, -0.15) is 4.98 Å². The molecule has 0 spiro atoms. The van der Waals surface area contributed by atoms with E-state index < -0.39 is 17.6 Å². The summed E-state index contributed by atoms with van der Waals surface area (Å²) in [6.45, 7) is 1.36. The van der Waals surface area contributed by atoms with E-state index in [4.69, 9.17) is 10.9 Å². The lowest BCUT2D eigenvalue weighted by molar-refractivity contribution is -0.137. The van der Waals surface area contributed by atoms with Gasteiger partial charge in [0.15, 0.2) is 0 Å². The molecule has 1 heterocycles.